The minimum atomic E-state index is 0.599. The zero-order chi connectivity index (χ0) is 18.9. The molecule has 3 nitrogen and oxygen atoms in total. The van der Waals surface area contributed by atoms with Crippen LogP contribution in [0.1, 0.15) is 5.56 Å². The summed E-state index contributed by atoms with van der Waals surface area (Å²) in [5.41, 5.74) is 6.26. The molecular formula is C24H17N3S. The number of hydrogen-bond donors (Lipinski definition) is 1. The third-order valence-corrected chi connectivity index (χ3v) is 6.05. The van der Waals surface area contributed by atoms with E-state index in [2.05, 4.69) is 95.2 Å². The Balaban J connectivity index is 1.73. The average Bonchev–Trinajstić information content (AvgIpc) is 2.77. The van der Waals surface area contributed by atoms with Gasteiger partial charge in [-0.1, -0.05) is 60.3 Å². The second-order valence-electron chi connectivity index (χ2n) is 6.60. The molecule has 134 valence electrons. The van der Waals surface area contributed by atoms with Crippen LogP contribution in [0.25, 0.3) is 5.57 Å². The Morgan fingerprint density at radius 1 is 0.821 bits per heavy atom. The van der Waals surface area contributed by atoms with Crippen LogP contribution in [-0.2, 0) is 0 Å². The van der Waals surface area contributed by atoms with E-state index in [1.807, 2.05) is 6.08 Å². The van der Waals surface area contributed by atoms with Gasteiger partial charge >= 0.3 is 0 Å². The minimum Gasteiger partial charge on any atom is -0.373 e. The van der Waals surface area contributed by atoms with Crippen molar-refractivity contribution in [3.8, 4) is 6.07 Å². The summed E-state index contributed by atoms with van der Waals surface area (Å²) < 4.78 is 0. The smallest absolute Gasteiger partial charge is 0.117 e. The van der Waals surface area contributed by atoms with Crippen molar-refractivity contribution in [3.63, 3.8) is 0 Å². The fourth-order valence-corrected chi connectivity index (χ4v) is 4.73. The number of dihydropyridines is 1. The van der Waals surface area contributed by atoms with Crippen LogP contribution in [0, 0.1) is 11.3 Å². The van der Waals surface area contributed by atoms with Crippen molar-refractivity contribution >= 4 is 34.4 Å². The van der Waals surface area contributed by atoms with Gasteiger partial charge in [0.05, 0.1) is 17.1 Å². The van der Waals surface area contributed by atoms with E-state index in [1.54, 1.807) is 11.8 Å². The van der Waals surface area contributed by atoms with E-state index in [4.69, 9.17) is 0 Å². The maximum atomic E-state index is 9.31. The van der Waals surface area contributed by atoms with Crippen LogP contribution in [0.5, 0.6) is 0 Å². The molecule has 3 aromatic rings. The lowest BCUT2D eigenvalue weighted by Gasteiger charge is -2.34. The molecule has 4 heteroatoms. The fourth-order valence-electron chi connectivity index (χ4n) is 3.67. The monoisotopic (exact) mass is 379 g/mol. The van der Waals surface area contributed by atoms with Gasteiger partial charge in [-0.05, 0) is 42.0 Å². The second kappa shape index (κ2) is 6.95. The van der Waals surface area contributed by atoms with Gasteiger partial charge in [-0.15, -0.1) is 0 Å². The van der Waals surface area contributed by atoms with Crippen molar-refractivity contribution in [1.29, 1.82) is 5.26 Å². The highest BCUT2D eigenvalue weighted by Crippen LogP contribution is 2.52. The van der Waals surface area contributed by atoms with Crippen LogP contribution >= 0.6 is 11.8 Å². The van der Waals surface area contributed by atoms with Gasteiger partial charge in [0.1, 0.15) is 11.8 Å². The molecule has 0 saturated heterocycles. The number of nitriles is 1. The third kappa shape index (κ3) is 2.77. The van der Waals surface area contributed by atoms with Gasteiger partial charge < -0.3 is 10.2 Å². The molecule has 0 radical (unpaired) electrons. The predicted octanol–water partition coefficient (Wildman–Crippen LogP) is 6.02. The maximum Gasteiger partial charge on any atom is 0.117 e. The van der Waals surface area contributed by atoms with Crippen LogP contribution in [0.15, 0.2) is 100 Å². The molecule has 2 aliphatic heterocycles. The van der Waals surface area contributed by atoms with Gasteiger partial charge in [0.2, 0.25) is 0 Å². The molecule has 0 atom stereocenters. The summed E-state index contributed by atoms with van der Waals surface area (Å²) in [5, 5.41) is 12.4. The van der Waals surface area contributed by atoms with Crippen LogP contribution in [0.3, 0.4) is 0 Å². The van der Waals surface area contributed by atoms with Gasteiger partial charge in [-0.25, -0.2) is 0 Å². The zero-order valence-corrected chi connectivity index (χ0v) is 15.9. The first-order valence-electron chi connectivity index (χ1n) is 9.16. The van der Waals surface area contributed by atoms with E-state index in [-0.39, 0.29) is 0 Å². The van der Waals surface area contributed by atoms with Crippen LogP contribution in [0.2, 0.25) is 0 Å². The second-order valence-corrected chi connectivity index (χ2v) is 7.68. The number of fused-ring (bicyclic) bond motifs is 2. The molecule has 5 rings (SSSR count). The lowest BCUT2D eigenvalue weighted by Crippen LogP contribution is -2.18. The summed E-state index contributed by atoms with van der Waals surface area (Å²) in [6, 6.07) is 27.6. The SMILES string of the molecule is N#CC1=CC(c2ccccc2N2c3ccccc3Sc3ccccc32)=CCN1. The summed E-state index contributed by atoms with van der Waals surface area (Å²) in [4.78, 5) is 4.81. The van der Waals surface area contributed by atoms with Crippen LogP contribution in [0.4, 0.5) is 17.1 Å². The summed E-state index contributed by atoms with van der Waals surface area (Å²) in [6.45, 7) is 0.659. The molecule has 0 aromatic heterocycles. The molecular weight excluding hydrogens is 362 g/mol. The van der Waals surface area contributed by atoms with Crippen molar-refractivity contribution in [1.82, 2.24) is 5.32 Å². The number of benzene rings is 3. The molecule has 28 heavy (non-hydrogen) atoms. The largest absolute Gasteiger partial charge is 0.373 e. The highest BCUT2D eigenvalue weighted by Gasteiger charge is 2.26. The molecule has 1 N–H and O–H groups in total. The Hall–Kier alpha value is -3.42. The van der Waals surface area contributed by atoms with Crippen LogP contribution < -0.4 is 10.2 Å². The molecule has 3 aromatic carbocycles. The minimum absolute atomic E-state index is 0.599. The molecule has 0 aliphatic carbocycles. The standard InChI is InChI=1S/C24H17N3S/c25-16-18-15-17(13-14-26-18)19-7-1-2-8-20(19)27-21-9-3-5-11-23(21)28-24-12-6-4-10-22(24)27/h1-13,15,26H,14H2. The van der Waals surface area contributed by atoms with E-state index in [0.29, 0.717) is 12.2 Å². The number of rotatable bonds is 2. The van der Waals surface area contributed by atoms with Crippen molar-refractivity contribution < 1.29 is 0 Å². The number of hydrogen-bond acceptors (Lipinski definition) is 4. The predicted molar refractivity (Wildman–Crippen MR) is 115 cm³/mol. The van der Waals surface area contributed by atoms with E-state index < -0.39 is 0 Å². The lowest BCUT2D eigenvalue weighted by molar-refractivity contribution is 0.929. The number of nitrogens with zero attached hydrogens (tertiary/aromatic N) is 2. The third-order valence-electron chi connectivity index (χ3n) is 4.92. The number of allylic oxidation sites excluding steroid dienone is 3. The topological polar surface area (TPSA) is 39.1 Å². The molecule has 0 unspecified atom stereocenters. The Bertz CT molecular complexity index is 1120. The van der Waals surface area contributed by atoms with Crippen molar-refractivity contribution in [2.24, 2.45) is 0 Å². The highest BCUT2D eigenvalue weighted by atomic mass is 32.2. The summed E-state index contributed by atoms with van der Waals surface area (Å²) in [6.07, 6.45) is 4.06. The van der Waals surface area contributed by atoms with Crippen molar-refractivity contribution in [2.45, 2.75) is 9.79 Å². The van der Waals surface area contributed by atoms with Crippen molar-refractivity contribution in [3.05, 3.63) is 96.2 Å². The van der Waals surface area contributed by atoms with Crippen molar-refractivity contribution in [2.75, 3.05) is 11.4 Å². The first-order chi connectivity index (χ1) is 13.8. The van der Waals surface area contributed by atoms with Gasteiger partial charge in [0.15, 0.2) is 0 Å². The van der Waals surface area contributed by atoms with E-state index >= 15 is 0 Å². The summed E-state index contributed by atoms with van der Waals surface area (Å²) >= 11 is 1.81. The van der Waals surface area contributed by atoms with Gasteiger partial charge in [0, 0.05) is 21.9 Å². The van der Waals surface area contributed by atoms with E-state index in [9.17, 15) is 5.26 Å². The molecule has 0 bridgehead atoms. The Kier molecular flexibility index (Phi) is 4.16. The Labute approximate surface area is 168 Å². The first kappa shape index (κ1) is 16.7. The first-order valence-corrected chi connectivity index (χ1v) is 9.98. The molecule has 2 aliphatic rings. The zero-order valence-electron chi connectivity index (χ0n) is 15.1. The number of anilines is 3. The Morgan fingerprint density at radius 3 is 2.11 bits per heavy atom. The van der Waals surface area contributed by atoms with Gasteiger partial charge in [-0.3, -0.25) is 0 Å². The normalized spacial score (nSPS) is 14.8. The summed E-state index contributed by atoms with van der Waals surface area (Å²) in [5.74, 6) is 0. The Morgan fingerprint density at radius 2 is 1.43 bits per heavy atom. The maximum absolute atomic E-state index is 9.31. The van der Waals surface area contributed by atoms with E-state index in [1.165, 1.54) is 21.2 Å². The fraction of sp³-hybridized carbons (Fsp3) is 0.0417. The van der Waals surface area contributed by atoms with Gasteiger partial charge in [-0.2, -0.15) is 5.26 Å². The van der Waals surface area contributed by atoms with E-state index in [0.717, 1.165) is 16.8 Å². The highest BCUT2D eigenvalue weighted by molar-refractivity contribution is 7.99. The molecule has 0 fully saturated rings. The lowest BCUT2D eigenvalue weighted by atomic mass is 9.99. The van der Waals surface area contributed by atoms with Crippen LogP contribution in [-0.4, -0.2) is 6.54 Å². The molecule has 0 saturated carbocycles. The molecule has 0 spiro atoms. The van der Waals surface area contributed by atoms with Gasteiger partial charge in [0.25, 0.3) is 0 Å². The number of para-hydroxylation sites is 3. The number of nitrogens with one attached hydrogen (secondary N) is 1. The molecule has 0 amide bonds. The average molecular weight is 379 g/mol. The molecule has 2 heterocycles. The summed E-state index contributed by atoms with van der Waals surface area (Å²) in [7, 11) is 0. The quantitative estimate of drug-likeness (QED) is 0.462.